The van der Waals surface area contributed by atoms with Crippen molar-refractivity contribution >= 4 is 5.91 Å². The van der Waals surface area contributed by atoms with E-state index in [1.807, 2.05) is 6.08 Å². The van der Waals surface area contributed by atoms with Crippen molar-refractivity contribution in [1.29, 1.82) is 0 Å². The Hall–Kier alpha value is -2.05. The average Bonchev–Trinajstić information content (AvgIpc) is 3.28. The molecule has 2 saturated heterocycles. The molecule has 0 aliphatic carbocycles. The van der Waals surface area contributed by atoms with Crippen LogP contribution in [0.3, 0.4) is 0 Å². The summed E-state index contributed by atoms with van der Waals surface area (Å²) in [4.78, 5) is 13.1. The van der Waals surface area contributed by atoms with E-state index in [1.165, 1.54) is 64.2 Å². The molecule has 12 unspecified atom stereocenters. The molecule has 0 aromatic rings. The number of allylic oxidation sites excluding steroid dienone is 7. The van der Waals surface area contributed by atoms with Gasteiger partial charge in [0.05, 0.1) is 32.0 Å². The van der Waals surface area contributed by atoms with Crippen LogP contribution < -0.4 is 5.32 Å². The fraction of sp³-hybridized carbons (Fsp3) is 0.816. The number of nitrogens with one attached hydrogen (secondary N) is 1. The number of aliphatic hydroxyl groups excluding tert-OH is 8. The molecule has 366 valence electrons. The van der Waals surface area contributed by atoms with Gasteiger partial charge >= 0.3 is 0 Å². The molecule has 2 rings (SSSR count). The number of carbonyl (C=O) groups is 1. The number of rotatable bonds is 36. The van der Waals surface area contributed by atoms with Gasteiger partial charge in [-0.25, -0.2) is 0 Å². The Kier molecular flexibility index (Phi) is 32.7. The van der Waals surface area contributed by atoms with Gasteiger partial charge in [0.15, 0.2) is 12.6 Å². The molecule has 0 spiro atoms. The summed E-state index contributed by atoms with van der Waals surface area (Å²) in [5, 5.41) is 86.6. The first-order chi connectivity index (χ1) is 30.6. The van der Waals surface area contributed by atoms with Crippen molar-refractivity contribution < 1.29 is 64.6 Å². The van der Waals surface area contributed by atoms with Gasteiger partial charge < -0.3 is 65.1 Å². The Labute approximate surface area is 378 Å². The fourth-order valence-corrected chi connectivity index (χ4v) is 7.67. The van der Waals surface area contributed by atoms with Crippen LogP contribution in [-0.2, 0) is 23.7 Å². The van der Waals surface area contributed by atoms with Crippen LogP contribution in [0.2, 0.25) is 0 Å². The molecule has 14 heteroatoms. The average molecular weight is 898 g/mol. The quantitative estimate of drug-likeness (QED) is 0.0272. The minimum absolute atomic E-state index is 0.259. The third kappa shape index (κ3) is 23.8. The predicted molar refractivity (Wildman–Crippen MR) is 244 cm³/mol. The molecular formula is C49H87NO13. The molecule has 0 bridgehead atoms. The number of hydrogen-bond acceptors (Lipinski definition) is 13. The zero-order valence-electron chi connectivity index (χ0n) is 38.6. The minimum Gasteiger partial charge on any atom is -0.394 e. The van der Waals surface area contributed by atoms with Gasteiger partial charge in [0.2, 0.25) is 5.91 Å². The standard InChI is InChI=1S/C49H87NO13/c1-3-5-7-9-11-13-15-17-19-20-22-24-26-28-30-32-38(53)37(50-41(54)33-31-29-27-25-23-21-18-16-14-12-10-8-6-4-2)36-60-48-46(59)44(57)47(40(35-52)62-48)63-49-45(58)43(56)42(55)39(34-51)61-49/h15-18,22,24,30,32,37-40,42-49,51-53,55-59H,3-14,19-21,23,25-29,31,33-36H2,1-2H3,(H,50,54)/b17-15+,18-16-,24-22+,32-30+. The smallest absolute Gasteiger partial charge is 0.220 e. The predicted octanol–water partition coefficient (Wildman–Crippen LogP) is 5.71. The van der Waals surface area contributed by atoms with E-state index in [2.05, 4.69) is 55.6 Å². The van der Waals surface area contributed by atoms with Crippen molar-refractivity contribution in [3.05, 3.63) is 48.6 Å². The molecule has 2 heterocycles. The van der Waals surface area contributed by atoms with E-state index < -0.39 is 86.8 Å². The van der Waals surface area contributed by atoms with Gasteiger partial charge in [0.25, 0.3) is 0 Å². The van der Waals surface area contributed by atoms with Crippen LogP contribution in [0.1, 0.15) is 162 Å². The number of carbonyl (C=O) groups excluding carboxylic acids is 1. The summed E-state index contributed by atoms with van der Waals surface area (Å²) in [6.45, 7) is 2.70. The molecule has 2 aliphatic heterocycles. The third-order valence-corrected chi connectivity index (χ3v) is 11.7. The molecule has 2 aliphatic rings. The lowest BCUT2D eigenvalue weighted by atomic mass is 9.97. The van der Waals surface area contributed by atoms with Gasteiger partial charge in [0, 0.05) is 6.42 Å². The number of hydrogen-bond donors (Lipinski definition) is 9. The lowest BCUT2D eigenvalue weighted by Crippen LogP contribution is -2.65. The molecule has 0 saturated carbocycles. The van der Waals surface area contributed by atoms with Crippen molar-refractivity contribution in [2.75, 3.05) is 19.8 Å². The monoisotopic (exact) mass is 898 g/mol. The van der Waals surface area contributed by atoms with Gasteiger partial charge in [-0.05, 0) is 70.6 Å². The number of amides is 1. The summed E-state index contributed by atoms with van der Waals surface area (Å²) in [5.41, 5.74) is 0. The van der Waals surface area contributed by atoms with E-state index in [1.54, 1.807) is 6.08 Å². The first-order valence-electron chi connectivity index (χ1n) is 24.4. The first kappa shape index (κ1) is 57.1. The van der Waals surface area contributed by atoms with Crippen molar-refractivity contribution in [1.82, 2.24) is 5.32 Å². The number of ether oxygens (including phenoxy) is 4. The third-order valence-electron chi connectivity index (χ3n) is 11.7. The SMILES string of the molecule is CCCCCCC/C=C\CCCCCCCC(=O)NC(COC1OC(CO)C(OC2OC(CO)C(O)C(O)C2O)C(O)C1O)C(O)/C=C/CC/C=C/CC/C=C/CCCCCCC. The summed E-state index contributed by atoms with van der Waals surface area (Å²) in [6, 6.07) is -0.940. The molecule has 2 fully saturated rings. The molecule has 14 nitrogen and oxygen atoms in total. The summed E-state index contributed by atoms with van der Waals surface area (Å²) >= 11 is 0. The van der Waals surface area contributed by atoms with Gasteiger partial charge in [0.1, 0.15) is 48.8 Å². The largest absolute Gasteiger partial charge is 0.394 e. The highest BCUT2D eigenvalue weighted by Gasteiger charge is 2.51. The van der Waals surface area contributed by atoms with Gasteiger partial charge in [-0.3, -0.25) is 4.79 Å². The van der Waals surface area contributed by atoms with Crippen LogP contribution in [0.4, 0.5) is 0 Å². The Bertz CT molecular complexity index is 1250. The molecular weight excluding hydrogens is 811 g/mol. The van der Waals surface area contributed by atoms with E-state index in [-0.39, 0.29) is 18.9 Å². The van der Waals surface area contributed by atoms with E-state index in [0.717, 1.165) is 64.2 Å². The molecule has 0 aromatic carbocycles. The van der Waals surface area contributed by atoms with E-state index in [4.69, 9.17) is 18.9 Å². The Morgan fingerprint density at radius 2 is 1.02 bits per heavy atom. The van der Waals surface area contributed by atoms with Crippen LogP contribution in [0, 0.1) is 0 Å². The van der Waals surface area contributed by atoms with Crippen LogP contribution in [-0.4, -0.2) is 140 Å². The van der Waals surface area contributed by atoms with Crippen LogP contribution >= 0.6 is 0 Å². The second-order valence-electron chi connectivity index (χ2n) is 17.2. The second-order valence-corrected chi connectivity index (χ2v) is 17.2. The van der Waals surface area contributed by atoms with Crippen LogP contribution in [0.15, 0.2) is 48.6 Å². The number of unbranched alkanes of at least 4 members (excludes halogenated alkanes) is 17. The Balaban J connectivity index is 1.91. The van der Waals surface area contributed by atoms with E-state index in [9.17, 15) is 45.6 Å². The van der Waals surface area contributed by atoms with E-state index >= 15 is 0 Å². The molecule has 0 aromatic heterocycles. The Morgan fingerprint density at radius 1 is 0.556 bits per heavy atom. The maximum absolute atomic E-state index is 13.1. The zero-order valence-corrected chi connectivity index (χ0v) is 38.6. The maximum Gasteiger partial charge on any atom is 0.220 e. The van der Waals surface area contributed by atoms with Gasteiger partial charge in [-0.2, -0.15) is 0 Å². The molecule has 63 heavy (non-hydrogen) atoms. The normalized spacial score (nSPS) is 27.9. The first-order valence-corrected chi connectivity index (χ1v) is 24.4. The number of aliphatic hydroxyl groups is 8. The second kappa shape index (κ2) is 36.1. The summed E-state index contributed by atoms with van der Waals surface area (Å²) < 4.78 is 22.6. The zero-order chi connectivity index (χ0) is 46.1. The highest BCUT2D eigenvalue weighted by molar-refractivity contribution is 5.76. The highest BCUT2D eigenvalue weighted by atomic mass is 16.7. The maximum atomic E-state index is 13.1. The van der Waals surface area contributed by atoms with Gasteiger partial charge in [-0.15, -0.1) is 0 Å². The Morgan fingerprint density at radius 3 is 1.56 bits per heavy atom. The van der Waals surface area contributed by atoms with E-state index in [0.29, 0.717) is 12.8 Å². The topological polar surface area (TPSA) is 228 Å². The summed E-state index contributed by atoms with van der Waals surface area (Å²) in [5.74, 6) is -0.266. The molecule has 9 N–H and O–H groups in total. The van der Waals surface area contributed by atoms with Crippen LogP contribution in [0.25, 0.3) is 0 Å². The lowest BCUT2D eigenvalue weighted by molar-refractivity contribution is -0.359. The minimum atomic E-state index is -1.79. The molecule has 12 atom stereocenters. The fourth-order valence-electron chi connectivity index (χ4n) is 7.67. The van der Waals surface area contributed by atoms with Crippen molar-refractivity contribution in [2.45, 2.75) is 235 Å². The van der Waals surface area contributed by atoms with Crippen molar-refractivity contribution in [3.63, 3.8) is 0 Å². The van der Waals surface area contributed by atoms with Crippen LogP contribution in [0.5, 0.6) is 0 Å². The van der Waals surface area contributed by atoms with Crippen molar-refractivity contribution in [3.8, 4) is 0 Å². The summed E-state index contributed by atoms with van der Waals surface area (Å²) in [7, 11) is 0. The summed E-state index contributed by atoms with van der Waals surface area (Å²) in [6.07, 6.45) is 24.4. The van der Waals surface area contributed by atoms with Crippen molar-refractivity contribution in [2.24, 2.45) is 0 Å². The highest BCUT2D eigenvalue weighted by Crippen LogP contribution is 2.30. The molecule has 1 amide bonds. The molecule has 0 radical (unpaired) electrons. The lowest BCUT2D eigenvalue weighted by Gasteiger charge is -2.46. The van der Waals surface area contributed by atoms with Gasteiger partial charge in [-0.1, -0.05) is 133 Å².